The Kier molecular flexibility index (Phi) is 26.1. The van der Waals surface area contributed by atoms with Crippen LogP contribution in [0.3, 0.4) is 0 Å². The van der Waals surface area contributed by atoms with E-state index >= 15 is 0 Å². The molecule has 8 heteroatoms. The molecule has 0 aromatic heterocycles. The minimum absolute atomic E-state index is 0.0108. The SMILES string of the molecule is CCCCCc1ccc(OCCCCCCCCCCCP(=O)(O)CCCCCCCCCCCOc2ccc(CCCCC)c(F)c2F)cc1F. The van der Waals surface area contributed by atoms with Crippen LogP contribution in [-0.4, -0.2) is 30.4 Å². The predicted molar refractivity (Wildman–Crippen MR) is 213 cm³/mol. The van der Waals surface area contributed by atoms with Crippen molar-refractivity contribution < 1.29 is 32.1 Å². The first-order valence-electron chi connectivity index (χ1n) is 21.1. The molecule has 0 amide bonds. The van der Waals surface area contributed by atoms with Gasteiger partial charge in [-0.05, 0) is 74.6 Å². The molecule has 2 rings (SSSR count). The lowest BCUT2D eigenvalue weighted by Gasteiger charge is -2.11. The van der Waals surface area contributed by atoms with E-state index in [9.17, 15) is 22.6 Å². The van der Waals surface area contributed by atoms with E-state index in [4.69, 9.17) is 9.47 Å². The first kappa shape index (κ1) is 46.2. The maximum atomic E-state index is 14.3. The molecule has 0 radical (unpaired) electrons. The smallest absolute Gasteiger partial charge is 0.200 e. The second-order valence-electron chi connectivity index (χ2n) is 14.9. The van der Waals surface area contributed by atoms with Crippen LogP contribution in [0.5, 0.6) is 11.5 Å². The molecule has 1 N–H and O–H groups in total. The van der Waals surface area contributed by atoms with E-state index in [1.54, 1.807) is 12.1 Å². The van der Waals surface area contributed by atoms with Crippen molar-refractivity contribution >= 4 is 7.37 Å². The van der Waals surface area contributed by atoms with E-state index in [1.165, 1.54) is 31.7 Å². The van der Waals surface area contributed by atoms with Crippen LogP contribution in [0.25, 0.3) is 0 Å². The van der Waals surface area contributed by atoms with Crippen LogP contribution in [0.4, 0.5) is 13.2 Å². The summed E-state index contributed by atoms with van der Waals surface area (Å²) in [4.78, 5) is 10.4. The van der Waals surface area contributed by atoms with Gasteiger partial charge in [-0.3, -0.25) is 4.57 Å². The van der Waals surface area contributed by atoms with Gasteiger partial charge in [0.1, 0.15) is 11.6 Å². The van der Waals surface area contributed by atoms with Crippen LogP contribution in [0.15, 0.2) is 30.3 Å². The van der Waals surface area contributed by atoms with Crippen molar-refractivity contribution in [3.63, 3.8) is 0 Å². The summed E-state index contributed by atoms with van der Waals surface area (Å²) in [6.45, 7) is 5.26. The molecule has 0 saturated heterocycles. The zero-order valence-electron chi connectivity index (χ0n) is 32.9. The van der Waals surface area contributed by atoms with Crippen molar-refractivity contribution in [3.8, 4) is 11.5 Å². The van der Waals surface area contributed by atoms with Crippen molar-refractivity contribution in [2.45, 2.75) is 181 Å². The fourth-order valence-electron chi connectivity index (χ4n) is 6.71. The highest BCUT2D eigenvalue weighted by molar-refractivity contribution is 7.57. The highest BCUT2D eigenvalue weighted by Gasteiger charge is 2.17. The Morgan fingerprint density at radius 1 is 0.519 bits per heavy atom. The van der Waals surface area contributed by atoms with E-state index in [2.05, 4.69) is 13.8 Å². The van der Waals surface area contributed by atoms with Crippen molar-refractivity contribution in [3.05, 3.63) is 58.9 Å². The van der Waals surface area contributed by atoms with Crippen LogP contribution in [0.2, 0.25) is 0 Å². The van der Waals surface area contributed by atoms with Gasteiger partial charge in [-0.2, -0.15) is 4.39 Å². The van der Waals surface area contributed by atoms with E-state index < -0.39 is 19.0 Å². The lowest BCUT2D eigenvalue weighted by Crippen LogP contribution is -2.03. The van der Waals surface area contributed by atoms with Gasteiger partial charge in [0.2, 0.25) is 13.2 Å². The van der Waals surface area contributed by atoms with E-state index in [-0.39, 0.29) is 11.6 Å². The number of hydrogen-bond donors (Lipinski definition) is 1. The number of rotatable bonds is 34. The van der Waals surface area contributed by atoms with Gasteiger partial charge >= 0.3 is 0 Å². The van der Waals surface area contributed by atoms with Crippen LogP contribution in [-0.2, 0) is 17.4 Å². The molecule has 0 heterocycles. The van der Waals surface area contributed by atoms with Crippen LogP contribution < -0.4 is 9.47 Å². The third kappa shape index (κ3) is 21.7. The molecule has 0 spiro atoms. The van der Waals surface area contributed by atoms with Gasteiger partial charge in [-0.15, -0.1) is 0 Å². The minimum atomic E-state index is -3.01. The average Bonchev–Trinajstić information content (AvgIpc) is 3.12. The number of unbranched alkanes of at least 4 members (excludes halogenated alkanes) is 20. The third-order valence-corrected chi connectivity index (χ3v) is 12.1. The zero-order chi connectivity index (χ0) is 37.7. The molecule has 1 atom stereocenters. The summed E-state index contributed by atoms with van der Waals surface area (Å²) >= 11 is 0. The van der Waals surface area contributed by atoms with Crippen molar-refractivity contribution in [2.24, 2.45) is 0 Å². The van der Waals surface area contributed by atoms with Crippen molar-refractivity contribution in [1.29, 1.82) is 0 Å². The molecule has 298 valence electrons. The standard InChI is InChI=1S/C44H72F3O4P/c1-3-5-21-27-38-29-31-40(37-41(38)45)50-33-23-17-13-9-7-11-15-19-25-35-52(48,49)36-26-20-16-12-8-10-14-18-24-34-51-42-32-30-39(28-22-6-4-2)43(46)44(42)47/h29-32,37H,3-28,33-36H2,1-2H3,(H,48,49). The number of aryl methyl sites for hydroxylation is 2. The number of hydrogen-bond acceptors (Lipinski definition) is 3. The molecule has 0 saturated carbocycles. The molecule has 0 aliphatic heterocycles. The maximum absolute atomic E-state index is 14.3. The second-order valence-corrected chi connectivity index (χ2v) is 17.5. The first-order valence-corrected chi connectivity index (χ1v) is 23.1. The van der Waals surface area contributed by atoms with E-state index in [0.717, 1.165) is 140 Å². The first-order chi connectivity index (χ1) is 25.3. The lowest BCUT2D eigenvalue weighted by atomic mass is 10.1. The largest absolute Gasteiger partial charge is 0.493 e. The monoisotopic (exact) mass is 753 g/mol. The molecule has 0 aliphatic rings. The summed E-state index contributed by atoms with van der Waals surface area (Å²) in [5.41, 5.74) is 1.21. The summed E-state index contributed by atoms with van der Waals surface area (Å²) in [7, 11) is -3.01. The summed E-state index contributed by atoms with van der Waals surface area (Å²) < 4.78 is 66.7. The highest BCUT2D eigenvalue weighted by Crippen LogP contribution is 2.42. The molecule has 0 fully saturated rings. The zero-order valence-corrected chi connectivity index (χ0v) is 33.7. The minimum Gasteiger partial charge on any atom is -0.493 e. The fraction of sp³-hybridized carbons (Fsp3) is 0.727. The lowest BCUT2D eigenvalue weighted by molar-refractivity contribution is 0.284. The molecular weight excluding hydrogens is 680 g/mol. The topological polar surface area (TPSA) is 55.8 Å². The molecule has 1 unspecified atom stereocenters. The Morgan fingerprint density at radius 2 is 0.962 bits per heavy atom. The number of ether oxygens (including phenoxy) is 2. The van der Waals surface area contributed by atoms with Gasteiger partial charge in [0.15, 0.2) is 11.6 Å². The average molecular weight is 753 g/mol. The van der Waals surface area contributed by atoms with Crippen molar-refractivity contribution in [2.75, 3.05) is 25.5 Å². The Hall–Kier alpha value is -1.98. The predicted octanol–water partition coefficient (Wildman–Crippen LogP) is 14.3. The summed E-state index contributed by atoms with van der Waals surface area (Å²) in [5, 5.41) is 0. The second kappa shape index (κ2) is 29.4. The molecular formula is C44H72F3O4P. The van der Waals surface area contributed by atoms with Gasteiger partial charge < -0.3 is 14.4 Å². The third-order valence-electron chi connectivity index (χ3n) is 10.1. The summed E-state index contributed by atoms with van der Waals surface area (Å²) in [6, 6.07) is 8.48. The molecule has 0 aliphatic carbocycles. The molecule has 0 bridgehead atoms. The highest BCUT2D eigenvalue weighted by atomic mass is 31.2. The van der Waals surface area contributed by atoms with Crippen LogP contribution in [0, 0.1) is 17.5 Å². The molecule has 52 heavy (non-hydrogen) atoms. The van der Waals surface area contributed by atoms with Crippen LogP contribution >= 0.6 is 7.37 Å². The number of benzene rings is 2. The Morgan fingerprint density at radius 3 is 1.46 bits per heavy atom. The van der Waals surface area contributed by atoms with Gasteiger partial charge in [-0.1, -0.05) is 142 Å². The number of halogens is 3. The fourth-order valence-corrected chi connectivity index (χ4v) is 8.37. The van der Waals surface area contributed by atoms with Gasteiger partial charge in [0, 0.05) is 18.4 Å². The Balaban J connectivity index is 1.34. The van der Waals surface area contributed by atoms with Gasteiger partial charge in [0.05, 0.1) is 13.2 Å². The van der Waals surface area contributed by atoms with E-state index in [0.29, 0.717) is 43.3 Å². The summed E-state index contributed by atoms with van der Waals surface area (Å²) in [5.74, 6) is -1.15. The van der Waals surface area contributed by atoms with Gasteiger partial charge in [0.25, 0.3) is 0 Å². The molecule has 2 aromatic rings. The van der Waals surface area contributed by atoms with Gasteiger partial charge in [-0.25, -0.2) is 8.78 Å². The van der Waals surface area contributed by atoms with Crippen molar-refractivity contribution in [1.82, 2.24) is 0 Å². The van der Waals surface area contributed by atoms with E-state index in [1.807, 2.05) is 12.1 Å². The maximum Gasteiger partial charge on any atom is 0.200 e. The Bertz CT molecular complexity index is 1240. The quantitative estimate of drug-likeness (QED) is 0.0571. The normalized spacial score (nSPS) is 12.7. The molecule has 2 aromatic carbocycles. The van der Waals surface area contributed by atoms with Crippen LogP contribution in [0.1, 0.15) is 179 Å². The Labute approximate surface area is 315 Å². The molecule has 4 nitrogen and oxygen atoms in total. The summed E-state index contributed by atoms with van der Waals surface area (Å²) in [6.07, 6.45) is 27.6.